The second-order valence-electron chi connectivity index (χ2n) is 8.48. The summed E-state index contributed by atoms with van der Waals surface area (Å²) >= 11 is 0. The molecule has 1 aromatic carbocycles. The molecule has 8 N–H and O–H groups in total. The summed E-state index contributed by atoms with van der Waals surface area (Å²) in [4.78, 5) is 51.7. The molecule has 0 aliphatic carbocycles. The van der Waals surface area contributed by atoms with Crippen molar-refractivity contribution in [3.05, 3.63) is 36.0 Å². The molecule has 0 fully saturated rings. The minimum absolute atomic E-state index is 0.141. The summed E-state index contributed by atoms with van der Waals surface area (Å²) in [6.07, 6.45) is 5.69. The Bertz CT molecular complexity index is 989. The molecular formula is C24H35N5O5. The number of nitrogens with one attached hydrogen (secondary N) is 3. The number of hydrogen-bond donors (Lipinski definition) is 6. The summed E-state index contributed by atoms with van der Waals surface area (Å²) in [6, 6.07) is 4.50. The third-order valence-corrected chi connectivity index (χ3v) is 5.74. The van der Waals surface area contributed by atoms with Gasteiger partial charge in [0.15, 0.2) is 0 Å². The van der Waals surface area contributed by atoms with Crippen molar-refractivity contribution in [1.82, 2.24) is 15.6 Å². The third kappa shape index (κ3) is 8.18. The van der Waals surface area contributed by atoms with Crippen LogP contribution in [0, 0.1) is 0 Å². The number of carboxylic acids is 1. The Labute approximate surface area is 198 Å². The lowest BCUT2D eigenvalue weighted by molar-refractivity contribution is -0.138. The zero-order valence-corrected chi connectivity index (χ0v) is 19.5. The minimum Gasteiger partial charge on any atom is -0.481 e. The van der Waals surface area contributed by atoms with Gasteiger partial charge in [0.05, 0.1) is 6.04 Å². The summed E-state index contributed by atoms with van der Waals surface area (Å²) < 4.78 is 0. The van der Waals surface area contributed by atoms with E-state index >= 15 is 0 Å². The average molecular weight is 474 g/mol. The molecule has 2 aromatic rings. The molecule has 1 aromatic heterocycles. The van der Waals surface area contributed by atoms with Gasteiger partial charge in [-0.2, -0.15) is 0 Å². The number of carbonyl (C=O) groups is 4. The number of rotatable bonds is 15. The zero-order chi connectivity index (χ0) is 25.1. The van der Waals surface area contributed by atoms with Crippen LogP contribution in [0.5, 0.6) is 0 Å². The van der Waals surface area contributed by atoms with Gasteiger partial charge in [0, 0.05) is 29.9 Å². The van der Waals surface area contributed by atoms with Crippen LogP contribution in [0.25, 0.3) is 10.9 Å². The summed E-state index contributed by atoms with van der Waals surface area (Å²) in [5, 5.41) is 15.1. The molecule has 0 radical (unpaired) electrons. The lowest BCUT2D eigenvalue weighted by Gasteiger charge is -2.23. The van der Waals surface area contributed by atoms with Crippen LogP contribution in [-0.2, 0) is 25.6 Å². The molecule has 0 saturated heterocycles. The van der Waals surface area contributed by atoms with Crippen molar-refractivity contribution in [2.24, 2.45) is 11.5 Å². The van der Waals surface area contributed by atoms with Crippen LogP contribution in [0.4, 0.5) is 0 Å². The predicted molar refractivity (Wildman–Crippen MR) is 129 cm³/mol. The Morgan fingerprint density at radius 3 is 2.38 bits per heavy atom. The van der Waals surface area contributed by atoms with Gasteiger partial charge in [0.25, 0.3) is 0 Å². The van der Waals surface area contributed by atoms with Crippen LogP contribution in [0.15, 0.2) is 30.5 Å². The smallest absolute Gasteiger partial charge is 0.303 e. The molecule has 0 saturated carbocycles. The molecule has 0 aliphatic rings. The maximum absolute atomic E-state index is 12.9. The maximum atomic E-state index is 12.9. The van der Waals surface area contributed by atoms with Gasteiger partial charge in [-0.15, -0.1) is 0 Å². The number of primary amides is 1. The average Bonchev–Trinajstić information content (AvgIpc) is 3.21. The summed E-state index contributed by atoms with van der Waals surface area (Å²) in [6.45, 7) is 2.08. The Morgan fingerprint density at radius 2 is 1.71 bits per heavy atom. The highest BCUT2D eigenvalue weighted by atomic mass is 16.4. The number of para-hydroxylation sites is 1. The van der Waals surface area contributed by atoms with Crippen molar-refractivity contribution in [1.29, 1.82) is 0 Å². The van der Waals surface area contributed by atoms with Crippen LogP contribution in [-0.4, -0.2) is 51.9 Å². The zero-order valence-electron chi connectivity index (χ0n) is 19.5. The van der Waals surface area contributed by atoms with Crippen molar-refractivity contribution in [3.63, 3.8) is 0 Å². The van der Waals surface area contributed by atoms with Gasteiger partial charge in [-0.25, -0.2) is 0 Å². The van der Waals surface area contributed by atoms with E-state index in [1.165, 1.54) is 0 Å². The number of aromatic amines is 1. The van der Waals surface area contributed by atoms with Crippen molar-refractivity contribution >= 4 is 34.6 Å². The lowest BCUT2D eigenvalue weighted by Crippen LogP contribution is -2.55. The fourth-order valence-electron chi connectivity index (χ4n) is 3.75. The van der Waals surface area contributed by atoms with Crippen molar-refractivity contribution in [3.8, 4) is 0 Å². The fraction of sp³-hybridized carbons (Fsp3) is 0.500. The highest BCUT2D eigenvalue weighted by molar-refractivity contribution is 5.93. The molecule has 3 amide bonds. The van der Waals surface area contributed by atoms with Crippen LogP contribution in [0.3, 0.4) is 0 Å². The molecule has 10 nitrogen and oxygen atoms in total. The van der Waals surface area contributed by atoms with Crippen LogP contribution in [0.2, 0.25) is 0 Å². The van der Waals surface area contributed by atoms with E-state index in [0.29, 0.717) is 6.42 Å². The second-order valence-corrected chi connectivity index (χ2v) is 8.48. The Morgan fingerprint density at radius 1 is 1.00 bits per heavy atom. The number of carbonyl (C=O) groups excluding carboxylic acids is 3. The number of H-pyrrole nitrogens is 1. The summed E-state index contributed by atoms with van der Waals surface area (Å²) in [7, 11) is 0. The van der Waals surface area contributed by atoms with Crippen LogP contribution >= 0.6 is 0 Å². The van der Waals surface area contributed by atoms with Crippen LogP contribution in [0.1, 0.15) is 57.4 Å². The first-order chi connectivity index (χ1) is 16.2. The first-order valence-electron chi connectivity index (χ1n) is 11.6. The van der Waals surface area contributed by atoms with E-state index in [1.807, 2.05) is 24.3 Å². The molecule has 186 valence electrons. The second kappa shape index (κ2) is 13.3. The van der Waals surface area contributed by atoms with Crippen LogP contribution < -0.4 is 22.1 Å². The molecule has 3 atom stereocenters. The number of aliphatic carboxylic acids is 1. The molecule has 1 unspecified atom stereocenters. The molecule has 0 bridgehead atoms. The van der Waals surface area contributed by atoms with E-state index in [-0.39, 0.29) is 19.3 Å². The largest absolute Gasteiger partial charge is 0.481 e. The first-order valence-corrected chi connectivity index (χ1v) is 11.6. The Hall–Kier alpha value is -3.40. The third-order valence-electron chi connectivity index (χ3n) is 5.74. The van der Waals surface area contributed by atoms with Gasteiger partial charge in [0.2, 0.25) is 17.7 Å². The van der Waals surface area contributed by atoms with Gasteiger partial charge in [-0.3, -0.25) is 19.2 Å². The van der Waals surface area contributed by atoms with E-state index in [2.05, 4.69) is 22.5 Å². The van der Waals surface area contributed by atoms with Gasteiger partial charge < -0.3 is 32.2 Å². The molecule has 0 spiro atoms. The van der Waals surface area contributed by atoms with E-state index in [9.17, 15) is 19.2 Å². The number of hydrogen-bond acceptors (Lipinski definition) is 5. The standard InChI is InChI=1S/C24H35N5O5/c1-2-3-4-5-9-17(25)23(33)28-19(11-12-21(30)31)24(34)29-20(22(26)32)13-15-14-27-18-10-7-6-8-16(15)18/h6-8,10,14,17,19-20,27H,2-5,9,11-13,25H2,1H3,(H2,26,32)(H,28,33)(H,29,34)(H,30,31)/t17?,19-,20-/m0/s1. The Kier molecular flexibility index (Phi) is 10.5. The number of carboxylic acid groups (broad SMARTS) is 1. The highest BCUT2D eigenvalue weighted by Gasteiger charge is 2.28. The van der Waals surface area contributed by atoms with E-state index in [4.69, 9.17) is 16.6 Å². The number of unbranched alkanes of at least 4 members (excludes halogenated alkanes) is 3. The number of fused-ring (bicyclic) bond motifs is 1. The number of nitrogens with two attached hydrogens (primary N) is 2. The topological polar surface area (TPSA) is 180 Å². The molecular weight excluding hydrogens is 438 g/mol. The van der Waals surface area contributed by atoms with Gasteiger partial charge >= 0.3 is 5.97 Å². The van der Waals surface area contributed by atoms with E-state index in [0.717, 1.165) is 42.1 Å². The van der Waals surface area contributed by atoms with E-state index < -0.39 is 41.8 Å². The molecule has 10 heteroatoms. The normalized spacial score (nSPS) is 13.7. The van der Waals surface area contributed by atoms with Crippen molar-refractivity contribution < 1.29 is 24.3 Å². The molecule has 1 heterocycles. The summed E-state index contributed by atoms with van der Waals surface area (Å²) in [5.41, 5.74) is 13.2. The van der Waals surface area contributed by atoms with Gasteiger partial charge in [-0.1, -0.05) is 50.8 Å². The first kappa shape index (κ1) is 26.8. The van der Waals surface area contributed by atoms with Gasteiger partial charge in [-0.05, 0) is 24.5 Å². The number of aromatic nitrogens is 1. The summed E-state index contributed by atoms with van der Waals surface area (Å²) in [5.74, 6) is -3.07. The quantitative estimate of drug-likeness (QED) is 0.212. The van der Waals surface area contributed by atoms with Crippen molar-refractivity contribution in [2.45, 2.75) is 76.4 Å². The monoisotopic (exact) mass is 473 g/mol. The minimum atomic E-state index is -1.16. The number of amides is 3. The van der Waals surface area contributed by atoms with Gasteiger partial charge in [0.1, 0.15) is 12.1 Å². The predicted octanol–water partition coefficient (Wildman–Crippen LogP) is 1.33. The van der Waals surface area contributed by atoms with Crippen molar-refractivity contribution in [2.75, 3.05) is 0 Å². The maximum Gasteiger partial charge on any atom is 0.303 e. The SMILES string of the molecule is CCCCCCC(N)C(=O)N[C@@H](CCC(=O)O)C(=O)N[C@@H](Cc1c[nH]c2ccccc12)C(N)=O. The fourth-order valence-corrected chi connectivity index (χ4v) is 3.75. The Balaban J connectivity index is 2.06. The molecule has 0 aliphatic heterocycles. The lowest BCUT2D eigenvalue weighted by atomic mass is 10.0. The molecule has 34 heavy (non-hydrogen) atoms. The number of benzene rings is 1. The highest BCUT2D eigenvalue weighted by Crippen LogP contribution is 2.19. The van der Waals surface area contributed by atoms with E-state index in [1.54, 1.807) is 6.20 Å². The molecule has 2 rings (SSSR count).